The topological polar surface area (TPSA) is 20.2 Å². The molecule has 0 heterocycles. The molecule has 7 heteroatoms. The van der Waals surface area contributed by atoms with Crippen LogP contribution >= 0.6 is 0 Å². The van der Waals surface area contributed by atoms with E-state index in [9.17, 15) is 26.3 Å². The predicted octanol–water partition coefficient (Wildman–Crippen LogP) is 3.30. The van der Waals surface area contributed by atoms with Crippen LogP contribution in [0.3, 0.4) is 0 Å². The number of aliphatic hydroxyl groups excluding tert-OH is 1. The summed E-state index contributed by atoms with van der Waals surface area (Å²) in [6.45, 7) is 0. The highest BCUT2D eigenvalue weighted by Crippen LogP contribution is 2.34. The monoisotopic (exact) mass is 244 g/mol. The van der Waals surface area contributed by atoms with Crippen molar-refractivity contribution in [3.63, 3.8) is 0 Å². The zero-order chi connectivity index (χ0) is 12.6. The minimum atomic E-state index is -4.89. The van der Waals surface area contributed by atoms with Crippen LogP contribution in [-0.4, -0.2) is 11.3 Å². The third kappa shape index (κ3) is 2.88. The molecule has 0 aromatic heterocycles. The van der Waals surface area contributed by atoms with E-state index >= 15 is 0 Å². The lowest BCUT2D eigenvalue weighted by Gasteiger charge is -2.15. The third-order valence-electron chi connectivity index (χ3n) is 1.86. The minimum Gasteiger partial charge on any atom is -0.379 e. The lowest BCUT2D eigenvalue weighted by atomic mass is 10.1. The molecule has 0 fully saturated rings. The molecule has 0 saturated heterocycles. The van der Waals surface area contributed by atoms with E-state index in [0.29, 0.717) is 24.3 Å². The number of benzene rings is 1. The Balaban J connectivity index is 2.96. The van der Waals surface area contributed by atoms with E-state index < -0.39 is 29.6 Å². The van der Waals surface area contributed by atoms with Gasteiger partial charge in [-0.15, -0.1) is 0 Å². The largest absolute Gasteiger partial charge is 0.418 e. The quantitative estimate of drug-likeness (QED) is 0.751. The van der Waals surface area contributed by atoms with Crippen LogP contribution < -0.4 is 0 Å². The first kappa shape index (κ1) is 12.8. The molecule has 1 rings (SSSR count). The molecule has 0 bridgehead atoms. The fourth-order valence-corrected chi connectivity index (χ4v) is 1.04. The Labute approximate surface area is 86.3 Å². The molecule has 1 atom stereocenters. The number of hydrogen-bond donors (Lipinski definition) is 1. The van der Waals surface area contributed by atoms with Gasteiger partial charge in [0.15, 0.2) is 6.10 Å². The van der Waals surface area contributed by atoms with Crippen LogP contribution in [0, 0.1) is 0 Å². The van der Waals surface area contributed by atoms with Crippen molar-refractivity contribution in [2.24, 2.45) is 0 Å². The van der Waals surface area contributed by atoms with Crippen LogP contribution in [0.4, 0.5) is 26.3 Å². The summed E-state index contributed by atoms with van der Waals surface area (Å²) in [6, 6.07) is 2.18. The Kier molecular flexibility index (Phi) is 3.18. The van der Waals surface area contributed by atoms with E-state index in [1.165, 1.54) is 0 Å². The zero-order valence-corrected chi connectivity index (χ0v) is 7.60. The van der Waals surface area contributed by atoms with Crippen molar-refractivity contribution in [1.82, 2.24) is 0 Å². The van der Waals surface area contributed by atoms with Gasteiger partial charge in [0.2, 0.25) is 0 Å². The van der Waals surface area contributed by atoms with Crippen molar-refractivity contribution < 1.29 is 31.4 Å². The molecule has 16 heavy (non-hydrogen) atoms. The van der Waals surface area contributed by atoms with Crippen molar-refractivity contribution in [3.8, 4) is 0 Å². The molecular formula is C9H6F6O. The van der Waals surface area contributed by atoms with Gasteiger partial charge in [0.1, 0.15) is 0 Å². The number of rotatable bonds is 1. The number of aliphatic hydroxyl groups is 1. The standard InChI is InChI=1S/C9H6F6O/c10-8(11,12)6-3-1-5(2-4-6)7(16)9(13,14)15/h1-4,7,16H/t7-/m0/s1. The van der Waals surface area contributed by atoms with Crippen molar-refractivity contribution in [3.05, 3.63) is 35.4 Å². The van der Waals surface area contributed by atoms with Crippen LogP contribution in [0.15, 0.2) is 24.3 Å². The van der Waals surface area contributed by atoms with Gasteiger partial charge in [-0.1, -0.05) is 12.1 Å². The van der Waals surface area contributed by atoms with E-state index in [1.807, 2.05) is 0 Å². The summed E-state index contributed by atoms with van der Waals surface area (Å²) in [4.78, 5) is 0. The molecule has 0 aliphatic carbocycles. The summed E-state index contributed by atoms with van der Waals surface area (Å²) in [7, 11) is 0. The number of hydrogen-bond acceptors (Lipinski definition) is 1. The van der Waals surface area contributed by atoms with Crippen LogP contribution in [0.25, 0.3) is 0 Å². The van der Waals surface area contributed by atoms with Crippen LogP contribution in [0.1, 0.15) is 17.2 Å². The van der Waals surface area contributed by atoms with E-state index in [-0.39, 0.29) is 0 Å². The first-order valence-electron chi connectivity index (χ1n) is 4.04. The van der Waals surface area contributed by atoms with Gasteiger partial charge in [-0.05, 0) is 17.7 Å². The number of halogens is 6. The Bertz CT molecular complexity index is 350. The molecule has 1 aromatic rings. The molecule has 90 valence electrons. The average molecular weight is 244 g/mol. The summed E-state index contributed by atoms with van der Waals surface area (Å²) >= 11 is 0. The van der Waals surface area contributed by atoms with Crippen molar-refractivity contribution in [2.75, 3.05) is 0 Å². The van der Waals surface area contributed by atoms with Crippen molar-refractivity contribution in [1.29, 1.82) is 0 Å². The smallest absolute Gasteiger partial charge is 0.379 e. The van der Waals surface area contributed by atoms with E-state index in [1.54, 1.807) is 0 Å². The molecule has 0 radical (unpaired) electrons. The zero-order valence-electron chi connectivity index (χ0n) is 7.60. The summed E-state index contributed by atoms with van der Waals surface area (Å²) in [5, 5.41) is 8.74. The average Bonchev–Trinajstić information content (AvgIpc) is 2.14. The van der Waals surface area contributed by atoms with Gasteiger partial charge in [-0.3, -0.25) is 0 Å². The fraction of sp³-hybridized carbons (Fsp3) is 0.333. The maximum atomic E-state index is 12.1. The molecule has 0 saturated carbocycles. The van der Waals surface area contributed by atoms with Crippen LogP contribution in [0.5, 0.6) is 0 Å². The molecule has 0 aliphatic heterocycles. The highest BCUT2D eigenvalue weighted by molar-refractivity contribution is 5.26. The summed E-state index contributed by atoms with van der Waals surface area (Å²) < 4.78 is 72.2. The summed E-state index contributed by atoms with van der Waals surface area (Å²) in [6.07, 6.45) is -12.3. The van der Waals surface area contributed by atoms with Gasteiger partial charge in [0.25, 0.3) is 0 Å². The molecule has 1 nitrogen and oxygen atoms in total. The van der Waals surface area contributed by atoms with Crippen LogP contribution in [-0.2, 0) is 6.18 Å². The Morgan fingerprint density at radius 1 is 0.875 bits per heavy atom. The van der Waals surface area contributed by atoms with Gasteiger partial charge >= 0.3 is 12.4 Å². The van der Waals surface area contributed by atoms with E-state index in [4.69, 9.17) is 5.11 Å². The molecule has 0 amide bonds. The van der Waals surface area contributed by atoms with E-state index in [2.05, 4.69) is 0 Å². The minimum absolute atomic E-state index is 0.490. The highest BCUT2D eigenvalue weighted by Gasteiger charge is 2.39. The predicted molar refractivity (Wildman–Crippen MR) is 42.5 cm³/mol. The first-order valence-corrected chi connectivity index (χ1v) is 4.04. The molecule has 0 aliphatic rings. The molecule has 1 N–H and O–H groups in total. The fourth-order valence-electron chi connectivity index (χ4n) is 1.04. The van der Waals surface area contributed by atoms with Gasteiger partial charge in [0.05, 0.1) is 5.56 Å². The maximum Gasteiger partial charge on any atom is 0.418 e. The van der Waals surface area contributed by atoms with Gasteiger partial charge < -0.3 is 5.11 Å². The van der Waals surface area contributed by atoms with Gasteiger partial charge in [-0.25, -0.2) is 0 Å². The van der Waals surface area contributed by atoms with E-state index in [0.717, 1.165) is 0 Å². The second-order valence-corrected chi connectivity index (χ2v) is 3.06. The molecule has 0 spiro atoms. The van der Waals surface area contributed by atoms with Crippen molar-refractivity contribution >= 4 is 0 Å². The second-order valence-electron chi connectivity index (χ2n) is 3.06. The SMILES string of the molecule is O[C@@H](c1ccc(C(F)(F)F)cc1)C(F)(F)F. The van der Waals surface area contributed by atoms with Gasteiger partial charge in [-0.2, -0.15) is 26.3 Å². The molecular weight excluding hydrogens is 238 g/mol. The van der Waals surface area contributed by atoms with Crippen molar-refractivity contribution in [2.45, 2.75) is 18.5 Å². The second kappa shape index (κ2) is 3.97. The normalized spacial score (nSPS) is 14.9. The number of alkyl halides is 6. The Morgan fingerprint density at radius 3 is 1.62 bits per heavy atom. The lowest BCUT2D eigenvalue weighted by Crippen LogP contribution is -2.20. The Morgan fingerprint density at radius 2 is 1.31 bits per heavy atom. The summed E-state index contributed by atoms with van der Waals surface area (Å²) in [5.74, 6) is 0. The Hall–Kier alpha value is -1.24. The lowest BCUT2D eigenvalue weighted by molar-refractivity contribution is -0.206. The maximum absolute atomic E-state index is 12.1. The first-order chi connectivity index (χ1) is 7.12. The van der Waals surface area contributed by atoms with Gasteiger partial charge in [0, 0.05) is 0 Å². The summed E-state index contributed by atoms with van der Waals surface area (Å²) in [5.41, 5.74) is -1.69. The van der Waals surface area contributed by atoms with Crippen LogP contribution in [0.2, 0.25) is 0 Å². The molecule has 0 unspecified atom stereocenters. The molecule has 1 aromatic carbocycles. The third-order valence-corrected chi connectivity index (χ3v) is 1.86. The highest BCUT2D eigenvalue weighted by atomic mass is 19.4.